The number of aliphatic carboxylic acids is 2. The van der Waals surface area contributed by atoms with Crippen molar-refractivity contribution in [3.63, 3.8) is 0 Å². The van der Waals surface area contributed by atoms with E-state index >= 15 is 0 Å². The summed E-state index contributed by atoms with van der Waals surface area (Å²) in [5, 5.41) is 26.1. The second-order valence-corrected chi connectivity index (χ2v) is 2.91. The maximum Gasteiger partial charge on any atom is 0.414 e. The van der Waals surface area contributed by atoms with Crippen molar-refractivity contribution in [3.05, 3.63) is 10.1 Å². The van der Waals surface area contributed by atoms with Gasteiger partial charge in [0.2, 0.25) is 5.91 Å². The summed E-state index contributed by atoms with van der Waals surface area (Å²) in [5.41, 5.74) is 5.14. The Balaban J connectivity index is 0. The lowest BCUT2D eigenvalue weighted by molar-refractivity contribution is -0.757. The van der Waals surface area contributed by atoms with Gasteiger partial charge in [0, 0.05) is 19.5 Å². The molecule has 0 radical (unpaired) electrons. The molecule has 0 aliphatic heterocycles. The van der Waals surface area contributed by atoms with Crippen LogP contribution in [0.4, 0.5) is 0 Å². The van der Waals surface area contributed by atoms with Crippen LogP contribution >= 0.6 is 0 Å². The minimum atomic E-state index is -1.82. The molecule has 0 heterocycles. The third-order valence-electron chi connectivity index (χ3n) is 1.39. The Morgan fingerprint density at radius 3 is 2.16 bits per heavy atom. The number of carbonyl (C=O) groups is 3. The number of nitrogens with two attached hydrogens (primary N) is 1. The molecule has 0 saturated heterocycles. The van der Waals surface area contributed by atoms with Gasteiger partial charge in [-0.25, -0.2) is 9.59 Å². The van der Waals surface area contributed by atoms with Crippen LogP contribution in [0.5, 0.6) is 0 Å². The smallest absolute Gasteiger partial charge is 0.414 e. The van der Waals surface area contributed by atoms with Gasteiger partial charge in [0.15, 0.2) is 0 Å². The number of carbonyl (C=O) groups excluding carboxylic acids is 1. The van der Waals surface area contributed by atoms with Crippen molar-refractivity contribution in [2.75, 3.05) is 19.7 Å². The first-order valence-electron chi connectivity index (χ1n) is 5.01. The average Bonchev–Trinajstić information content (AvgIpc) is 2.32. The van der Waals surface area contributed by atoms with Crippen molar-refractivity contribution < 1.29 is 34.5 Å². The molecule has 0 saturated carbocycles. The number of hydrogen-bond acceptors (Lipinski definition) is 7. The normalized spacial score (nSPS) is 8.68. The predicted molar refractivity (Wildman–Crippen MR) is 59.5 cm³/mol. The summed E-state index contributed by atoms with van der Waals surface area (Å²) in [4.78, 5) is 42.8. The maximum atomic E-state index is 10.9. The first-order valence-corrected chi connectivity index (χ1v) is 5.01. The van der Waals surface area contributed by atoms with Crippen LogP contribution in [0, 0.1) is 10.1 Å². The molecule has 11 heteroatoms. The first kappa shape index (κ1) is 18.9. The lowest BCUT2D eigenvalue weighted by Gasteiger charge is -2.02. The van der Waals surface area contributed by atoms with Crippen LogP contribution in [-0.2, 0) is 19.2 Å². The molecule has 1 amide bonds. The third-order valence-corrected chi connectivity index (χ3v) is 1.39. The van der Waals surface area contributed by atoms with Crippen molar-refractivity contribution in [2.45, 2.75) is 12.8 Å². The summed E-state index contributed by atoms with van der Waals surface area (Å²) < 4.78 is 0. The molecule has 0 aliphatic rings. The van der Waals surface area contributed by atoms with E-state index in [1.165, 1.54) is 0 Å². The molecular formula is C8H15N3O8. The monoisotopic (exact) mass is 281 g/mol. The predicted octanol–water partition coefficient (Wildman–Crippen LogP) is -1.79. The van der Waals surface area contributed by atoms with E-state index in [-0.39, 0.29) is 18.9 Å². The first-order chi connectivity index (χ1) is 8.81. The molecule has 0 atom stereocenters. The zero-order valence-corrected chi connectivity index (χ0v) is 9.90. The van der Waals surface area contributed by atoms with Crippen molar-refractivity contribution in [1.29, 1.82) is 0 Å². The fraction of sp³-hybridized carbons (Fsp3) is 0.625. The van der Waals surface area contributed by atoms with Crippen LogP contribution < -0.4 is 11.1 Å². The highest BCUT2D eigenvalue weighted by atomic mass is 16.9. The molecule has 11 nitrogen and oxygen atoms in total. The number of nitrogens with one attached hydrogen (secondary N) is 1. The largest absolute Gasteiger partial charge is 0.473 e. The SMILES string of the molecule is NCCNC(=O)CCCO[N+](=O)[O-].O=C(O)C(=O)O. The number of rotatable bonds is 7. The van der Waals surface area contributed by atoms with Crippen LogP contribution in [-0.4, -0.2) is 52.8 Å². The summed E-state index contributed by atoms with van der Waals surface area (Å²) in [6.45, 7) is 0.759. The number of carboxylic acid groups (broad SMARTS) is 2. The molecule has 19 heavy (non-hydrogen) atoms. The van der Waals surface area contributed by atoms with Gasteiger partial charge < -0.3 is 26.1 Å². The van der Waals surface area contributed by atoms with Crippen molar-refractivity contribution in [2.24, 2.45) is 5.73 Å². The molecule has 0 aromatic rings. The highest BCUT2D eigenvalue weighted by Crippen LogP contribution is 1.89. The van der Waals surface area contributed by atoms with Crippen LogP contribution in [0.25, 0.3) is 0 Å². The molecule has 0 fully saturated rings. The van der Waals surface area contributed by atoms with E-state index < -0.39 is 17.0 Å². The van der Waals surface area contributed by atoms with E-state index in [9.17, 15) is 14.9 Å². The Bertz CT molecular complexity index is 307. The van der Waals surface area contributed by atoms with Crippen LogP contribution in [0.1, 0.15) is 12.8 Å². The van der Waals surface area contributed by atoms with E-state index in [0.717, 1.165) is 0 Å². The number of amides is 1. The Morgan fingerprint density at radius 2 is 1.79 bits per heavy atom. The zero-order valence-electron chi connectivity index (χ0n) is 9.90. The quantitative estimate of drug-likeness (QED) is 0.181. The second-order valence-electron chi connectivity index (χ2n) is 2.91. The second kappa shape index (κ2) is 12.0. The summed E-state index contributed by atoms with van der Waals surface area (Å²) in [6.07, 6.45) is 0.547. The standard InChI is InChI=1S/C6H13N3O4.C2H2O4/c7-3-4-8-6(10)2-1-5-13-9(11)12;3-1(4)2(5)6/h1-5,7H2,(H,8,10);(H,3,4)(H,5,6). The van der Waals surface area contributed by atoms with Gasteiger partial charge in [-0.2, -0.15) is 0 Å². The minimum absolute atomic E-state index is 0.0525. The number of hydrogen-bond donors (Lipinski definition) is 4. The van der Waals surface area contributed by atoms with E-state index in [2.05, 4.69) is 10.2 Å². The van der Waals surface area contributed by atoms with Crippen LogP contribution in [0.15, 0.2) is 0 Å². The molecule has 110 valence electrons. The van der Waals surface area contributed by atoms with E-state index in [0.29, 0.717) is 19.5 Å². The highest BCUT2D eigenvalue weighted by Gasteiger charge is 2.04. The topological polar surface area (TPSA) is 182 Å². The number of nitrogens with zero attached hydrogens (tertiary/aromatic N) is 1. The van der Waals surface area contributed by atoms with E-state index in [1.54, 1.807) is 0 Å². The molecule has 0 aromatic heterocycles. The highest BCUT2D eigenvalue weighted by molar-refractivity contribution is 6.27. The fourth-order valence-corrected chi connectivity index (χ4v) is 0.672. The van der Waals surface area contributed by atoms with Crippen molar-refractivity contribution >= 4 is 17.8 Å². The lowest BCUT2D eigenvalue weighted by Crippen LogP contribution is -2.28. The molecule has 0 aliphatic carbocycles. The molecule has 0 spiro atoms. The molecule has 0 bridgehead atoms. The molecule has 5 N–H and O–H groups in total. The molecule has 0 unspecified atom stereocenters. The van der Waals surface area contributed by atoms with Crippen molar-refractivity contribution in [3.8, 4) is 0 Å². The fourth-order valence-electron chi connectivity index (χ4n) is 0.672. The number of carboxylic acids is 2. The van der Waals surface area contributed by atoms with Crippen LogP contribution in [0.3, 0.4) is 0 Å². The average molecular weight is 281 g/mol. The maximum absolute atomic E-state index is 10.9. The Morgan fingerprint density at radius 1 is 1.26 bits per heavy atom. The van der Waals surface area contributed by atoms with Gasteiger partial charge in [0.05, 0.1) is 6.61 Å². The van der Waals surface area contributed by atoms with Gasteiger partial charge in [-0.15, -0.1) is 10.1 Å². The molecular weight excluding hydrogens is 266 g/mol. The van der Waals surface area contributed by atoms with Gasteiger partial charge in [-0.3, -0.25) is 4.79 Å². The van der Waals surface area contributed by atoms with Gasteiger partial charge in [0.1, 0.15) is 0 Å². The van der Waals surface area contributed by atoms with Gasteiger partial charge in [0.25, 0.3) is 5.09 Å². The summed E-state index contributed by atoms with van der Waals surface area (Å²) >= 11 is 0. The van der Waals surface area contributed by atoms with Crippen LogP contribution in [0.2, 0.25) is 0 Å². The van der Waals surface area contributed by atoms with Crippen molar-refractivity contribution in [1.82, 2.24) is 5.32 Å². The van der Waals surface area contributed by atoms with Gasteiger partial charge >= 0.3 is 11.9 Å². The molecule has 0 rings (SSSR count). The Hall–Kier alpha value is -2.43. The summed E-state index contributed by atoms with van der Waals surface area (Å²) in [5.74, 6) is -3.82. The lowest BCUT2D eigenvalue weighted by atomic mass is 10.3. The Kier molecular flexibility index (Phi) is 12.0. The molecule has 0 aromatic carbocycles. The Labute approximate surface area is 107 Å². The van der Waals surface area contributed by atoms with E-state index in [4.69, 9.17) is 25.5 Å². The minimum Gasteiger partial charge on any atom is -0.473 e. The third kappa shape index (κ3) is 18.1. The van der Waals surface area contributed by atoms with Gasteiger partial charge in [-0.1, -0.05) is 0 Å². The summed E-state index contributed by atoms with van der Waals surface area (Å²) in [6, 6.07) is 0. The van der Waals surface area contributed by atoms with E-state index in [1.807, 2.05) is 0 Å². The summed E-state index contributed by atoms with van der Waals surface area (Å²) in [7, 11) is 0. The zero-order chi connectivity index (χ0) is 15.3. The van der Waals surface area contributed by atoms with Gasteiger partial charge in [-0.05, 0) is 6.42 Å².